The van der Waals surface area contributed by atoms with Crippen molar-refractivity contribution in [3.8, 4) is 6.07 Å². The van der Waals surface area contributed by atoms with Gasteiger partial charge in [-0.3, -0.25) is 0 Å². The molecular formula is C16H20N2O2. The molecule has 1 rings (SSSR count). The van der Waals surface area contributed by atoms with E-state index in [1.54, 1.807) is 6.08 Å². The Bertz CT molecular complexity index is 510. The Balaban J connectivity index is 2.78. The summed E-state index contributed by atoms with van der Waals surface area (Å²) in [6.07, 6.45) is 3.31. The van der Waals surface area contributed by atoms with Crippen LogP contribution in [0, 0.1) is 11.3 Å². The lowest BCUT2D eigenvalue weighted by Gasteiger charge is -2.11. The van der Waals surface area contributed by atoms with Gasteiger partial charge in [-0.15, -0.1) is 0 Å². The van der Waals surface area contributed by atoms with Gasteiger partial charge in [0.15, 0.2) is 0 Å². The van der Waals surface area contributed by atoms with Crippen LogP contribution in [0.4, 0.5) is 5.69 Å². The summed E-state index contributed by atoms with van der Waals surface area (Å²) in [4.78, 5) is 13.7. The van der Waals surface area contributed by atoms with E-state index < -0.39 is 5.97 Å². The average molecular weight is 272 g/mol. The predicted octanol–water partition coefficient (Wildman–Crippen LogP) is 3.00. The number of rotatable bonds is 6. The summed E-state index contributed by atoms with van der Waals surface area (Å²) in [6, 6.07) is 9.49. The van der Waals surface area contributed by atoms with Gasteiger partial charge in [-0.05, 0) is 30.2 Å². The first-order valence-corrected chi connectivity index (χ1v) is 6.64. The zero-order chi connectivity index (χ0) is 15.0. The smallest absolute Gasteiger partial charge is 0.348 e. The van der Waals surface area contributed by atoms with Crippen molar-refractivity contribution >= 4 is 17.7 Å². The third-order valence-electron chi connectivity index (χ3n) is 2.79. The third kappa shape index (κ3) is 4.77. The molecule has 4 nitrogen and oxygen atoms in total. The summed E-state index contributed by atoms with van der Waals surface area (Å²) >= 11 is 0. The third-order valence-corrected chi connectivity index (χ3v) is 2.79. The normalized spacial score (nSPS) is 10.8. The van der Waals surface area contributed by atoms with E-state index in [0.717, 1.165) is 24.1 Å². The van der Waals surface area contributed by atoms with Gasteiger partial charge in [-0.1, -0.05) is 25.5 Å². The van der Waals surface area contributed by atoms with Crippen molar-refractivity contribution in [1.29, 1.82) is 5.26 Å². The molecule has 0 N–H and O–H groups in total. The van der Waals surface area contributed by atoms with Gasteiger partial charge < -0.3 is 9.64 Å². The highest BCUT2D eigenvalue weighted by molar-refractivity contribution is 5.97. The van der Waals surface area contributed by atoms with Gasteiger partial charge in [0.2, 0.25) is 0 Å². The first-order valence-electron chi connectivity index (χ1n) is 6.64. The standard InChI is InChI=1S/C16H20N2O2/c1-4-5-10-20-16(19)14(12-17)11-13-6-8-15(9-7-13)18(2)3/h6-9,11H,4-5,10H2,1-3H3/b14-11-. The molecule has 0 saturated carbocycles. The first-order chi connectivity index (χ1) is 9.58. The van der Waals surface area contributed by atoms with Crippen LogP contribution in [0.15, 0.2) is 29.8 Å². The van der Waals surface area contributed by atoms with E-state index in [1.165, 1.54) is 0 Å². The average Bonchev–Trinajstić information content (AvgIpc) is 2.45. The molecule has 0 radical (unpaired) electrons. The fourth-order valence-electron chi connectivity index (χ4n) is 1.56. The van der Waals surface area contributed by atoms with Gasteiger partial charge in [0.05, 0.1) is 6.61 Å². The molecule has 0 bridgehead atoms. The molecule has 0 fully saturated rings. The second kappa shape index (κ2) is 8.00. The van der Waals surface area contributed by atoms with Gasteiger partial charge in [-0.2, -0.15) is 5.26 Å². The maximum atomic E-state index is 11.7. The minimum absolute atomic E-state index is 0.0266. The van der Waals surface area contributed by atoms with E-state index >= 15 is 0 Å². The Morgan fingerprint density at radius 1 is 1.35 bits per heavy atom. The summed E-state index contributed by atoms with van der Waals surface area (Å²) in [7, 11) is 3.91. The summed E-state index contributed by atoms with van der Waals surface area (Å²) in [6.45, 7) is 2.37. The van der Waals surface area contributed by atoms with E-state index in [9.17, 15) is 4.79 Å². The number of hydrogen-bond acceptors (Lipinski definition) is 4. The van der Waals surface area contributed by atoms with Crippen molar-refractivity contribution in [1.82, 2.24) is 0 Å². The zero-order valence-electron chi connectivity index (χ0n) is 12.2. The van der Waals surface area contributed by atoms with Crippen LogP contribution in [0.1, 0.15) is 25.3 Å². The van der Waals surface area contributed by atoms with Crippen LogP contribution >= 0.6 is 0 Å². The van der Waals surface area contributed by atoms with Gasteiger partial charge in [0.25, 0.3) is 0 Å². The van der Waals surface area contributed by atoms with Gasteiger partial charge in [-0.25, -0.2) is 4.79 Å². The second-order valence-corrected chi connectivity index (χ2v) is 4.65. The molecule has 4 heteroatoms. The Morgan fingerprint density at radius 2 is 2.00 bits per heavy atom. The van der Waals surface area contributed by atoms with Crippen LogP contribution in [0.25, 0.3) is 6.08 Å². The molecule has 0 aliphatic rings. The highest BCUT2D eigenvalue weighted by Crippen LogP contribution is 2.15. The van der Waals surface area contributed by atoms with E-state index in [0.29, 0.717) is 6.61 Å². The molecule has 0 aliphatic carbocycles. The van der Waals surface area contributed by atoms with Crippen LogP contribution in [-0.2, 0) is 9.53 Å². The molecule has 0 unspecified atom stereocenters. The maximum absolute atomic E-state index is 11.7. The summed E-state index contributed by atoms with van der Waals surface area (Å²) < 4.78 is 5.03. The van der Waals surface area contributed by atoms with Crippen LogP contribution in [0.5, 0.6) is 0 Å². The van der Waals surface area contributed by atoms with Crippen molar-refractivity contribution in [3.63, 3.8) is 0 Å². The number of ether oxygens (including phenoxy) is 1. The lowest BCUT2D eigenvalue weighted by molar-refractivity contribution is -0.138. The Morgan fingerprint density at radius 3 is 2.50 bits per heavy atom. The number of benzene rings is 1. The highest BCUT2D eigenvalue weighted by Gasteiger charge is 2.10. The van der Waals surface area contributed by atoms with Crippen molar-refractivity contribution < 1.29 is 9.53 Å². The highest BCUT2D eigenvalue weighted by atomic mass is 16.5. The SMILES string of the molecule is CCCCOC(=O)/C(C#N)=C\c1ccc(N(C)C)cc1. The van der Waals surface area contributed by atoms with E-state index in [1.807, 2.05) is 56.3 Å². The molecule has 0 heterocycles. The fraction of sp³-hybridized carbons (Fsp3) is 0.375. The second-order valence-electron chi connectivity index (χ2n) is 4.65. The summed E-state index contributed by atoms with van der Waals surface area (Å²) in [5, 5.41) is 9.03. The Hall–Kier alpha value is -2.28. The molecule has 0 aromatic heterocycles. The number of anilines is 1. The summed E-state index contributed by atoms with van der Waals surface area (Å²) in [5.74, 6) is -0.558. The number of nitriles is 1. The van der Waals surface area contributed by atoms with Crippen LogP contribution in [-0.4, -0.2) is 26.7 Å². The van der Waals surface area contributed by atoms with Gasteiger partial charge in [0, 0.05) is 19.8 Å². The first kappa shape index (κ1) is 15.8. The minimum Gasteiger partial charge on any atom is -0.462 e. The topological polar surface area (TPSA) is 53.3 Å². The number of nitrogens with zero attached hydrogens (tertiary/aromatic N) is 2. The van der Waals surface area contributed by atoms with E-state index in [2.05, 4.69) is 0 Å². The van der Waals surface area contributed by atoms with Crippen molar-refractivity contribution in [2.24, 2.45) is 0 Å². The Labute approximate surface area is 120 Å². The number of hydrogen-bond donors (Lipinski definition) is 0. The number of esters is 1. The van der Waals surface area contributed by atoms with Crippen LogP contribution < -0.4 is 4.90 Å². The Kier molecular flexibility index (Phi) is 6.31. The monoisotopic (exact) mass is 272 g/mol. The molecule has 0 atom stereocenters. The molecule has 106 valence electrons. The minimum atomic E-state index is -0.558. The lowest BCUT2D eigenvalue weighted by atomic mass is 10.1. The van der Waals surface area contributed by atoms with Crippen molar-refractivity contribution in [2.45, 2.75) is 19.8 Å². The number of unbranched alkanes of at least 4 members (excludes halogenated alkanes) is 1. The number of carbonyl (C=O) groups excluding carboxylic acids is 1. The molecule has 0 spiro atoms. The molecular weight excluding hydrogens is 252 g/mol. The van der Waals surface area contributed by atoms with Gasteiger partial charge >= 0.3 is 5.97 Å². The molecule has 1 aromatic rings. The molecule has 1 aromatic carbocycles. The molecule has 20 heavy (non-hydrogen) atoms. The van der Waals surface area contributed by atoms with Gasteiger partial charge in [0.1, 0.15) is 11.6 Å². The molecule has 0 saturated heterocycles. The predicted molar refractivity (Wildman–Crippen MR) is 80.2 cm³/mol. The van der Waals surface area contributed by atoms with Crippen LogP contribution in [0.3, 0.4) is 0 Å². The zero-order valence-corrected chi connectivity index (χ0v) is 12.2. The van der Waals surface area contributed by atoms with Crippen molar-refractivity contribution in [3.05, 3.63) is 35.4 Å². The van der Waals surface area contributed by atoms with Crippen molar-refractivity contribution in [2.75, 3.05) is 25.6 Å². The van der Waals surface area contributed by atoms with E-state index in [4.69, 9.17) is 10.00 Å². The maximum Gasteiger partial charge on any atom is 0.348 e. The molecule has 0 amide bonds. The molecule has 0 aliphatic heterocycles. The fourth-order valence-corrected chi connectivity index (χ4v) is 1.56. The van der Waals surface area contributed by atoms with E-state index in [-0.39, 0.29) is 5.57 Å². The lowest BCUT2D eigenvalue weighted by Crippen LogP contribution is -2.08. The largest absolute Gasteiger partial charge is 0.462 e. The number of carbonyl (C=O) groups is 1. The summed E-state index contributed by atoms with van der Waals surface area (Å²) in [5.41, 5.74) is 1.89. The quantitative estimate of drug-likeness (QED) is 0.346. The van der Waals surface area contributed by atoms with Crippen LogP contribution in [0.2, 0.25) is 0 Å².